The van der Waals surface area contributed by atoms with Crippen molar-refractivity contribution < 1.29 is 19.3 Å². The molecule has 0 bridgehead atoms. The van der Waals surface area contributed by atoms with Crippen molar-refractivity contribution >= 4 is 21.6 Å². The highest BCUT2D eigenvalue weighted by Gasteiger charge is 2.17. The molecule has 0 aliphatic carbocycles. The molecule has 168 valence electrons. The number of aromatic amines is 1. The number of nitrogens with zero attached hydrogens (tertiary/aromatic N) is 2. The van der Waals surface area contributed by atoms with Gasteiger partial charge in [0.2, 0.25) is 0 Å². The van der Waals surface area contributed by atoms with Gasteiger partial charge < -0.3 is 24.3 Å². The molecule has 0 unspecified atom stereocenters. The summed E-state index contributed by atoms with van der Waals surface area (Å²) in [5.74, 6) is 1.32. The van der Waals surface area contributed by atoms with Gasteiger partial charge in [0.05, 0.1) is 38.4 Å². The van der Waals surface area contributed by atoms with Crippen LogP contribution in [-0.2, 0) is 16.0 Å². The van der Waals surface area contributed by atoms with Crippen LogP contribution in [0.2, 0.25) is 0 Å². The maximum atomic E-state index is 12.9. The standard InChI is InChI=1S/C22H29N3O5S/c1-4-30-13-16(26)11-25(9-10-28-2)12-19-23-21(27)20-18(14-31-22(20)24-19)15-5-7-17(29-3)8-6-15/h5-8,14,16,26H,4,9-13H2,1-3H3,(H,23,24,27)/t16-/m1/s1. The molecule has 2 aromatic heterocycles. The van der Waals surface area contributed by atoms with Gasteiger partial charge in [-0.2, -0.15) is 0 Å². The van der Waals surface area contributed by atoms with Crippen LogP contribution in [0.3, 0.4) is 0 Å². The second-order valence-electron chi connectivity index (χ2n) is 7.11. The van der Waals surface area contributed by atoms with E-state index in [1.807, 2.05) is 41.5 Å². The topological polar surface area (TPSA) is 96.9 Å². The van der Waals surface area contributed by atoms with Crippen LogP contribution >= 0.6 is 11.3 Å². The van der Waals surface area contributed by atoms with Gasteiger partial charge in [0.1, 0.15) is 16.4 Å². The summed E-state index contributed by atoms with van der Waals surface area (Å²) in [4.78, 5) is 23.2. The van der Waals surface area contributed by atoms with Crippen molar-refractivity contribution in [1.82, 2.24) is 14.9 Å². The number of aromatic nitrogens is 2. The fourth-order valence-corrected chi connectivity index (χ4v) is 4.29. The van der Waals surface area contributed by atoms with Crippen LogP contribution in [0.4, 0.5) is 0 Å². The number of aliphatic hydroxyl groups is 1. The van der Waals surface area contributed by atoms with Crippen LogP contribution < -0.4 is 10.3 Å². The van der Waals surface area contributed by atoms with Gasteiger partial charge in [-0.05, 0) is 24.6 Å². The Morgan fingerprint density at radius 1 is 1.26 bits per heavy atom. The number of hydrogen-bond donors (Lipinski definition) is 2. The molecular weight excluding hydrogens is 418 g/mol. The fourth-order valence-electron chi connectivity index (χ4n) is 3.32. The molecule has 0 spiro atoms. The molecule has 0 aliphatic rings. The Bertz CT molecular complexity index is 1020. The predicted molar refractivity (Wildman–Crippen MR) is 122 cm³/mol. The molecule has 31 heavy (non-hydrogen) atoms. The number of benzene rings is 1. The molecule has 0 saturated carbocycles. The third-order valence-corrected chi connectivity index (χ3v) is 5.73. The monoisotopic (exact) mass is 447 g/mol. The third-order valence-electron chi connectivity index (χ3n) is 4.86. The van der Waals surface area contributed by atoms with E-state index in [2.05, 4.69) is 9.97 Å². The van der Waals surface area contributed by atoms with E-state index in [9.17, 15) is 9.90 Å². The molecule has 8 nitrogen and oxygen atoms in total. The summed E-state index contributed by atoms with van der Waals surface area (Å²) in [6.07, 6.45) is -0.629. The number of ether oxygens (including phenoxy) is 3. The van der Waals surface area contributed by atoms with Gasteiger partial charge >= 0.3 is 0 Å². The van der Waals surface area contributed by atoms with E-state index >= 15 is 0 Å². The maximum absolute atomic E-state index is 12.9. The molecule has 1 aromatic carbocycles. The van der Waals surface area contributed by atoms with Crippen molar-refractivity contribution in [2.75, 3.05) is 47.1 Å². The lowest BCUT2D eigenvalue weighted by Gasteiger charge is -2.24. The Morgan fingerprint density at radius 2 is 2.03 bits per heavy atom. The first-order valence-corrected chi connectivity index (χ1v) is 11.1. The number of rotatable bonds is 12. The summed E-state index contributed by atoms with van der Waals surface area (Å²) in [7, 11) is 3.25. The molecule has 2 heterocycles. The van der Waals surface area contributed by atoms with Crippen molar-refractivity contribution in [1.29, 1.82) is 0 Å². The van der Waals surface area contributed by atoms with Crippen molar-refractivity contribution in [3.8, 4) is 16.9 Å². The fraction of sp³-hybridized carbons (Fsp3) is 0.455. The highest BCUT2D eigenvalue weighted by Crippen LogP contribution is 2.31. The normalized spacial score (nSPS) is 12.5. The van der Waals surface area contributed by atoms with Crippen molar-refractivity contribution in [3.63, 3.8) is 0 Å². The zero-order chi connectivity index (χ0) is 22.2. The van der Waals surface area contributed by atoms with Gasteiger partial charge in [-0.1, -0.05) is 12.1 Å². The van der Waals surface area contributed by atoms with Gasteiger partial charge in [0.25, 0.3) is 5.56 Å². The summed E-state index contributed by atoms with van der Waals surface area (Å²) in [6, 6.07) is 7.60. The maximum Gasteiger partial charge on any atom is 0.260 e. The van der Waals surface area contributed by atoms with E-state index < -0.39 is 6.10 Å². The van der Waals surface area contributed by atoms with Crippen molar-refractivity contribution in [3.05, 3.63) is 45.8 Å². The number of nitrogens with one attached hydrogen (secondary N) is 1. The largest absolute Gasteiger partial charge is 0.497 e. The van der Waals surface area contributed by atoms with Gasteiger partial charge in [-0.3, -0.25) is 9.69 Å². The lowest BCUT2D eigenvalue weighted by molar-refractivity contribution is 0.0144. The smallest absolute Gasteiger partial charge is 0.260 e. The summed E-state index contributed by atoms with van der Waals surface area (Å²) in [6.45, 7) is 4.60. The Balaban J connectivity index is 1.82. The average Bonchev–Trinajstić information content (AvgIpc) is 3.20. The molecular formula is C22H29N3O5S. The van der Waals surface area contributed by atoms with Crippen LogP contribution in [0.1, 0.15) is 12.7 Å². The van der Waals surface area contributed by atoms with E-state index in [-0.39, 0.29) is 12.2 Å². The average molecular weight is 448 g/mol. The number of hydrogen-bond acceptors (Lipinski definition) is 8. The lowest BCUT2D eigenvalue weighted by Crippen LogP contribution is -2.37. The van der Waals surface area contributed by atoms with Crippen LogP contribution in [-0.4, -0.2) is 73.2 Å². The van der Waals surface area contributed by atoms with Crippen LogP contribution in [0.15, 0.2) is 34.4 Å². The second-order valence-corrected chi connectivity index (χ2v) is 7.97. The van der Waals surface area contributed by atoms with Crippen LogP contribution in [0.25, 0.3) is 21.3 Å². The van der Waals surface area contributed by atoms with Crippen LogP contribution in [0.5, 0.6) is 5.75 Å². The van der Waals surface area contributed by atoms with Crippen molar-refractivity contribution in [2.45, 2.75) is 19.6 Å². The quantitative estimate of drug-likeness (QED) is 0.440. The first-order valence-electron chi connectivity index (χ1n) is 10.2. The molecule has 1 atom stereocenters. The predicted octanol–water partition coefficient (Wildman–Crippen LogP) is 2.51. The van der Waals surface area contributed by atoms with Crippen molar-refractivity contribution in [2.24, 2.45) is 0 Å². The first kappa shape index (κ1) is 23.4. The number of fused-ring (bicyclic) bond motifs is 1. The van der Waals surface area contributed by atoms with E-state index in [0.29, 0.717) is 48.9 Å². The highest BCUT2D eigenvalue weighted by atomic mass is 32.1. The Kier molecular flexibility index (Phi) is 8.56. The zero-order valence-electron chi connectivity index (χ0n) is 18.1. The number of thiophene rings is 1. The van der Waals surface area contributed by atoms with Gasteiger partial charge in [-0.25, -0.2) is 4.98 Å². The summed E-state index contributed by atoms with van der Waals surface area (Å²) in [5.41, 5.74) is 1.62. The Hall–Kier alpha value is -2.30. The van der Waals surface area contributed by atoms with E-state index in [1.54, 1.807) is 14.2 Å². The van der Waals surface area contributed by atoms with Crippen LogP contribution in [0, 0.1) is 0 Å². The lowest BCUT2D eigenvalue weighted by atomic mass is 10.1. The SMILES string of the molecule is CCOC[C@H](O)CN(CCOC)Cc1nc2scc(-c3ccc(OC)cc3)c2c(=O)[nH]1. The van der Waals surface area contributed by atoms with Gasteiger partial charge in [0.15, 0.2) is 0 Å². The van der Waals surface area contributed by atoms with Gasteiger partial charge in [-0.15, -0.1) is 11.3 Å². The molecule has 3 rings (SSSR count). The van der Waals surface area contributed by atoms with E-state index in [1.165, 1.54) is 11.3 Å². The summed E-state index contributed by atoms with van der Waals surface area (Å²) in [5, 5.41) is 12.7. The second kappa shape index (κ2) is 11.4. The minimum absolute atomic E-state index is 0.173. The zero-order valence-corrected chi connectivity index (χ0v) is 18.9. The number of aliphatic hydroxyl groups excluding tert-OH is 1. The first-order chi connectivity index (χ1) is 15.0. The number of methoxy groups -OCH3 is 2. The molecule has 2 N–H and O–H groups in total. The molecule has 0 amide bonds. The Labute approximate surface area is 185 Å². The molecule has 0 aliphatic heterocycles. The molecule has 9 heteroatoms. The summed E-state index contributed by atoms with van der Waals surface area (Å²) < 4.78 is 15.7. The molecule has 0 saturated heterocycles. The molecule has 0 radical (unpaired) electrons. The number of H-pyrrole nitrogens is 1. The third kappa shape index (κ3) is 6.11. The molecule has 0 fully saturated rings. The minimum atomic E-state index is -0.629. The minimum Gasteiger partial charge on any atom is -0.497 e. The van der Waals surface area contributed by atoms with E-state index in [0.717, 1.165) is 16.9 Å². The molecule has 3 aromatic rings. The highest BCUT2D eigenvalue weighted by molar-refractivity contribution is 7.17. The van der Waals surface area contributed by atoms with E-state index in [4.69, 9.17) is 14.2 Å². The van der Waals surface area contributed by atoms with Gasteiger partial charge in [0, 0.05) is 37.7 Å². The summed E-state index contributed by atoms with van der Waals surface area (Å²) >= 11 is 1.44. The Morgan fingerprint density at radius 3 is 2.71 bits per heavy atom.